The summed E-state index contributed by atoms with van der Waals surface area (Å²) in [4.78, 5) is 48.2. The third kappa shape index (κ3) is 4.06. The average molecular weight is 559 g/mol. The van der Waals surface area contributed by atoms with Crippen LogP contribution in [0.4, 0.5) is 14.9 Å². The van der Waals surface area contributed by atoms with Crippen molar-refractivity contribution in [3.05, 3.63) is 136 Å². The fourth-order valence-electron chi connectivity index (χ4n) is 6.25. The summed E-state index contributed by atoms with van der Waals surface area (Å²) >= 11 is 0. The SMILES string of the molecule is Cc1ccccc1C1c2[nH]c3ccccc3c2CC2C(=O)N(c3ccccc3C(=O)NCc3ccc(F)cc3)C(=O)N21. The Bertz CT molecular complexity index is 1880. The van der Waals surface area contributed by atoms with Crippen LogP contribution in [0.25, 0.3) is 10.9 Å². The monoisotopic (exact) mass is 558 g/mol. The number of amides is 4. The van der Waals surface area contributed by atoms with E-state index in [2.05, 4.69) is 10.3 Å². The number of carbonyl (C=O) groups excluding carboxylic acids is 3. The van der Waals surface area contributed by atoms with Crippen LogP contribution >= 0.6 is 0 Å². The lowest BCUT2D eigenvalue weighted by atomic mass is 9.87. The molecule has 4 amide bonds. The summed E-state index contributed by atoms with van der Waals surface area (Å²) in [7, 11) is 0. The predicted molar refractivity (Wildman–Crippen MR) is 158 cm³/mol. The number of hydrogen-bond acceptors (Lipinski definition) is 3. The van der Waals surface area contributed by atoms with Crippen LogP contribution in [-0.2, 0) is 17.8 Å². The third-order valence-corrected chi connectivity index (χ3v) is 8.29. The Morgan fingerprint density at radius 1 is 0.929 bits per heavy atom. The number of aromatic nitrogens is 1. The maximum Gasteiger partial charge on any atom is 0.332 e. The van der Waals surface area contributed by atoms with Crippen LogP contribution < -0.4 is 10.2 Å². The van der Waals surface area contributed by atoms with Gasteiger partial charge in [-0.3, -0.25) is 14.5 Å². The number of nitrogens with one attached hydrogen (secondary N) is 2. The summed E-state index contributed by atoms with van der Waals surface area (Å²) in [5.74, 6) is -1.17. The van der Waals surface area contributed by atoms with Crippen LogP contribution in [0.3, 0.4) is 0 Å². The molecule has 2 unspecified atom stereocenters. The van der Waals surface area contributed by atoms with E-state index >= 15 is 0 Å². The minimum absolute atomic E-state index is 0.168. The Balaban J connectivity index is 1.28. The van der Waals surface area contributed by atoms with Crippen molar-refractivity contribution in [1.82, 2.24) is 15.2 Å². The second-order valence-electron chi connectivity index (χ2n) is 10.7. The van der Waals surface area contributed by atoms with Crippen LogP contribution in [0.5, 0.6) is 0 Å². The zero-order chi connectivity index (χ0) is 29.0. The molecule has 0 bridgehead atoms. The Morgan fingerprint density at radius 3 is 2.45 bits per heavy atom. The summed E-state index contributed by atoms with van der Waals surface area (Å²) in [5.41, 5.74) is 5.98. The number of imide groups is 1. The molecule has 5 aromatic rings. The molecule has 2 atom stereocenters. The number of aromatic amines is 1. The molecule has 3 heterocycles. The average Bonchev–Trinajstić information content (AvgIpc) is 3.50. The van der Waals surface area contributed by atoms with E-state index in [4.69, 9.17) is 0 Å². The van der Waals surface area contributed by atoms with E-state index in [1.54, 1.807) is 41.3 Å². The van der Waals surface area contributed by atoms with Crippen molar-refractivity contribution in [1.29, 1.82) is 0 Å². The van der Waals surface area contributed by atoms with Gasteiger partial charge in [0.1, 0.15) is 17.9 Å². The zero-order valence-corrected chi connectivity index (χ0v) is 22.8. The lowest BCUT2D eigenvalue weighted by Crippen LogP contribution is -2.44. The van der Waals surface area contributed by atoms with E-state index in [9.17, 15) is 18.8 Å². The number of halogens is 1. The summed E-state index contributed by atoms with van der Waals surface area (Å²) in [6.45, 7) is 2.17. The zero-order valence-electron chi connectivity index (χ0n) is 22.8. The molecule has 1 fully saturated rings. The van der Waals surface area contributed by atoms with Crippen LogP contribution in [0, 0.1) is 12.7 Å². The molecule has 208 valence electrons. The number of para-hydroxylation sites is 2. The Kier molecular flexibility index (Phi) is 6.12. The van der Waals surface area contributed by atoms with Gasteiger partial charge in [-0.25, -0.2) is 14.1 Å². The highest BCUT2D eigenvalue weighted by atomic mass is 19.1. The van der Waals surface area contributed by atoms with Gasteiger partial charge < -0.3 is 10.3 Å². The molecule has 2 aliphatic heterocycles. The number of aryl methyl sites for hydroxylation is 1. The Morgan fingerprint density at radius 2 is 1.64 bits per heavy atom. The molecule has 42 heavy (non-hydrogen) atoms. The number of rotatable bonds is 5. The van der Waals surface area contributed by atoms with Gasteiger partial charge >= 0.3 is 6.03 Å². The Labute approximate surface area is 241 Å². The van der Waals surface area contributed by atoms with Gasteiger partial charge in [0, 0.05) is 29.6 Å². The molecule has 2 aliphatic rings. The largest absolute Gasteiger partial charge is 0.356 e. The number of anilines is 1. The highest BCUT2D eigenvalue weighted by Crippen LogP contribution is 2.45. The van der Waals surface area contributed by atoms with E-state index < -0.39 is 24.0 Å². The minimum atomic E-state index is -0.732. The van der Waals surface area contributed by atoms with E-state index in [1.165, 1.54) is 12.1 Å². The minimum Gasteiger partial charge on any atom is -0.356 e. The number of urea groups is 1. The fraction of sp³-hybridized carbons (Fsp3) is 0.147. The van der Waals surface area contributed by atoms with Gasteiger partial charge in [-0.2, -0.15) is 0 Å². The molecule has 2 N–H and O–H groups in total. The van der Waals surface area contributed by atoms with Gasteiger partial charge in [0.05, 0.1) is 11.3 Å². The van der Waals surface area contributed by atoms with Crippen LogP contribution in [-0.4, -0.2) is 33.8 Å². The molecule has 1 aromatic heterocycles. The molecule has 0 saturated carbocycles. The first-order chi connectivity index (χ1) is 20.4. The number of hydrogen-bond donors (Lipinski definition) is 2. The maximum absolute atomic E-state index is 14.3. The van der Waals surface area contributed by atoms with Crippen molar-refractivity contribution in [3.63, 3.8) is 0 Å². The highest BCUT2D eigenvalue weighted by Gasteiger charge is 2.53. The third-order valence-electron chi connectivity index (χ3n) is 8.29. The van der Waals surface area contributed by atoms with Crippen LogP contribution in [0.1, 0.15) is 44.3 Å². The molecule has 1 saturated heterocycles. The number of carbonyl (C=O) groups is 3. The van der Waals surface area contributed by atoms with E-state index in [1.807, 2.05) is 55.5 Å². The van der Waals surface area contributed by atoms with E-state index in [0.29, 0.717) is 6.42 Å². The summed E-state index contributed by atoms with van der Waals surface area (Å²) < 4.78 is 13.3. The van der Waals surface area contributed by atoms with Crippen LogP contribution in [0.15, 0.2) is 97.1 Å². The molecule has 7 rings (SSSR count). The smallest absolute Gasteiger partial charge is 0.332 e. The quantitative estimate of drug-likeness (QED) is 0.259. The molecular weight excluding hydrogens is 531 g/mol. The van der Waals surface area contributed by atoms with Gasteiger partial charge in [-0.15, -0.1) is 0 Å². The van der Waals surface area contributed by atoms with Gasteiger partial charge in [0.15, 0.2) is 0 Å². The van der Waals surface area contributed by atoms with Crippen LogP contribution in [0.2, 0.25) is 0 Å². The van der Waals surface area contributed by atoms with Gasteiger partial charge in [-0.1, -0.05) is 66.7 Å². The highest BCUT2D eigenvalue weighted by molar-refractivity contribution is 6.24. The van der Waals surface area contributed by atoms with Crippen molar-refractivity contribution in [2.75, 3.05) is 4.90 Å². The van der Waals surface area contributed by atoms with E-state index in [-0.39, 0.29) is 29.5 Å². The number of H-pyrrole nitrogens is 1. The fourth-order valence-corrected chi connectivity index (χ4v) is 6.25. The lowest BCUT2D eigenvalue weighted by Gasteiger charge is -2.36. The molecule has 8 heteroatoms. The Hall–Kier alpha value is -5.24. The number of nitrogens with zero attached hydrogens (tertiary/aromatic N) is 2. The first-order valence-corrected chi connectivity index (χ1v) is 13.9. The summed E-state index contributed by atoms with van der Waals surface area (Å²) in [6.07, 6.45) is 0.363. The molecule has 0 radical (unpaired) electrons. The van der Waals surface area contributed by atoms with Crippen molar-refractivity contribution in [2.45, 2.75) is 32.0 Å². The second-order valence-corrected chi connectivity index (χ2v) is 10.7. The van der Waals surface area contributed by atoms with Gasteiger partial charge in [0.25, 0.3) is 11.8 Å². The van der Waals surface area contributed by atoms with Crippen molar-refractivity contribution < 1.29 is 18.8 Å². The molecular formula is C34H27FN4O3. The molecule has 0 aliphatic carbocycles. The summed E-state index contributed by atoms with van der Waals surface area (Å²) in [6, 6.07) is 26.6. The van der Waals surface area contributed by atoms with Crippen molar-refractivity contribution in [3.8, 4) is 0 Å². The molecule has 7 nitrogen and oxygen atoms in total. The predicted octanol–water partition coefficient (Wildman–Crippen LogP) is 6.03. The van der Waals surface area contributed by atoms with Gasteiger partial charge in [-0.05, 0) is 59.5 Å². The first-order valence-electron chi connectivity index (χ1n) is 13.9. The normalized spacial score (nSPS) is 17.9. The van der Waals surface area contributed by atoms with Crippen molar-refractivity contribution in [2.24, 2.45) is 0 Å². The molecule has 4 aromatic carbocycles. The van der Waals surface area contributed by atoms with Crippen molar-refractivity contribution >= 4 is 34.4 Å². The molecule has 0 spiro atoms. The maximum atomic E-state index is 14.3. The standard InChI is InChI=1S/C34H27FN4O3/c1-20-8-2-3-9-23(20)31-30-26(24-10-4-6-12-27(24)37-30)18-29-33(41)39(34(42)38(29)31)28-13-7-5-11-25(28)32(40)36-19-21-14-16-22(35)17-15-21/h2-17,29,31,37H,18-19H2,1H3,(H,36,40). The summed E-state index contributed by atoms with van der Waals surface area (Å²) in [5, 5.41) is 3.87. The first kappa shape index (κ1) is 25.7. The van der Waals surface area contributed by atoms with E-state index in [0.717, 1.165) is 43.8 Å². The lowest BCUT2D eigenvalue weighted by molar-refractivity contribution is -0.120. The number of benzene rings is 4. The topological polar surface area (TPSA) is 85.5 Å². The van der Waals surface area contributed by atoms with Gasteiger partial charge in [0.2, 0.25) is 0 Å². The second kappa shape index (κ2) is 9.99. The number of fused-ring (bicyclic) bond motifs is 4.